The lowest BCUT2D eigenvalue weighted by molar-refractivity contribution is -0.138. The zero-order valence-electron chi connectivity index (χ0n) is 11.0. The van der Waals surface area contributed by atoms with Gasteiger partial charge < -0.3 is 5.11 Å². The van der Waals surface area contributed by atoms with Crippen LogP contribution >= 0.6 is 0 Å². The summed E-state index contributed by atoms with van der Waals surface area (Å²) in [5, 5.41) is 8.91. The Bertz CT molecular complexity index is 617. The first kappa shape index (κ1) is 13.6. The number of hydrogen-bond donors (Lipinski definition) is 1. The molecule has 1 N–H and O–H groups in total. The Kier molecular flexibility index (Phi) is 3.30. The molecule has 2 aliphatic rings. The fourth-order valence-corrected chi connectivity index (χ4v) is 4.32. The van der Waals surface area contributed by atoms with Crippen LogP contribution in [0.25, 0.3) is 0 Å². The number of benzene rings is 1. The van der Waals surface area contributed by atoms with Crippen LogP contribution in [-0.2, 0) is 14.8 Å². The smallest absolute Gasteiger partial charge is 0.307 e. The molecule has 6 heteroatoms. The van der Waals surface area contributed by atoms with Crippen LogP contribution in [0.4, 0.5) is 0 Å². The van der Waals surface area contributed by atoms with E-state index in [1.54, 1.807) is 24.3 Å². The van der Waals surface area contributed by atoms with E-state index >= 15 is 0 Å². The number of carbonyl (C=O) groups is 1. The van der Waals surface area contributed by atoms with Crippen LogP contribution in [-0.4, -0.2) is 36.9 Å². The SMILES string of the molecule is O=C(O)C1CC1c1ccc(S(=O)(=O)N2CCCC2)cc1. The molecular weight excluding hydrogens is 278 g/mol. The van der Waals surface area contributed by atoms with Crippen LogP contribution in [0.2, 0.25) is 0 Å². The lowest BCUT2D eigenvalue weighted by atomic mass is 10.1. The minimum absolute atomic E-state index is 0.0380. The van der Waals surface area contributed by atoms with Crippen molar-refractivity contribution in [2.24, 2.45) is 5.92 Å². The summed E-state index contributed by atoms with van der Waals surface area (Å²) in [6.45, 7) is 1.18. The van der Waals surface area contributed by atoms with Crippen molar-refractivity contribution < 1.29 is 18.3 Å². The summed E-state index contributed by atoms with van der Waals surface area (Å²) in [6.07, 6.45) is 2.48. The van der Waals surface area contributed by atoms with Crippen molar-refractivity contribution in [1.29, 1.82) is 0 Å². The van der Waals surface area contributed by atoms with Gasteiger partial charge in [0.25, 0.3) is 0 Å². The van der Waals surface area contributed by atoms with Gasteiger partial charge in [-0.05, 0) is 42.9 Å². The van der Waals surface area contributed by atoms with Gasteiger partial charge in [0.15, 0.2) is 0 Å². The van der Waals surface area contributed by atoms with Crippen LogP contribution in [0.5, 0.6) is 0 Å². The lowest BCUT2D eigenvalue weighted by Crippen LogP contribution is -2.27. The summed E-state index contributed by atoms with van der Waals surface area (Å²) in [4.78, 5) is 11.1. The molecule has 3 rings (SSSR count). The topological polar surface area (TPSA) is 74.7 Å². The summed E-state index contributed by atoms with van der Waals surface area (Å²) in [5.74, 6) is -1.05. The molecule has 1 aromatic carbocycles. The third kappa shape index (κ3) is 2.33. The molecule has 2 atom stereocenters. The normalized spacial score (nSPS) is 26.6. The van der Waals surface area contributed by atoms with E-state index in [1.807, 2.05) is 0 Å². The summed E-state index contributed by atoms with van der Waals surface area (Å²) in [7, 11) is -3.37. The van der Waals surface area contributed by atoms with E-state index in [0.29, 0.717) is 24.4 Å². The Balaban J connectivity index is 1.78. The van der Waals surface area contributed by atoms with Crippen molar-refractivity contribution in [3.05, 3.63) is 29.8 Å². The maximum absolute atomic E-state index is 12.3. The van der Waals surface area contributed by atoms with Gasteiger partial charge in [0.2, 0.25) is 10.0 Å². The van der Waals surface area contributed by atoms with Crippen molar-refractivity contribution in [3.8, 4) is 0 Å². The third-order valence-electron chi connectivity index (χ3n) is 4.12. The van der Waals surface area contributed by atoms with Gasteiger partial charge in [-0.1, -0.05) is 12.1 Å². The van der Waals surface area contributed by atoms with Gasteiger partial charge in [-0.2, -0.15) is 4.31 Å². The number of sulfonamides is 1. The van der Waals surface area contributed by atoms with Crippen molar-refractivity contribution in [2.45, 2.75) is 30.1 Å². The van der Waals surface area contributed by atoms with Crippen LogP contribution in [0, 0.1) is 5.92 Å². The van der Waals surface area contributed by atoms with E-state index < -0.39 is 16.0 Å². The second-order valence-corrected chi connectivity index (χ2v) is 7.41. The molecule has 1 aliphatic heterocycles. The third-order valence-corrected chi connectivity index (χ3v) is 6.03. The highest BCUT2D eigenvalue weighted by Crippen LogP contribution is 2.47. The second kappa shape index (κ2) is 4.86. The zero-order valence-corrected chi connectivity index (χ0v) is 11.8. The molecule has 0 spiro atoms. The van der Waals surface area contributed by atoms with Crippen molar-refractivity contribution >= 4 is 16.0 Å². The summed E-state index contributed by atoms with van der Waals surface area (Å²) >= 11 is 0. The molecule has 0 aromatic heterocycles. The molecule has 1 saturated carbocycles. The summed E-state index contributed by atoms with van der Waals surface area (Å²) in [6, 6.07) is 6.69. The number of carboxylic acids is 1. The average molecular weight is 295 g/mol. The van der Waals surface area contributed by atoms with Gasteiger partial charge in [0, 0.05) is 13.1 Å². The standard InChI is InChI=1S/C14H17NO4S/c16-14(17)13-9-12(13)10-3-5-11(6-4-10)20(18,19)15-7-1-2-8-15/h3-6,12-13H,1-2,7-9H2,(H,16,17). The molecule has 1 aliphatic carbocycles. The molecule has 20 heavy (non-hydrogen) atoms. The predicted molar refractivity (Wildman–Crippen MR) is 72.9 cm³/mol. The molecule has 1 aromatic rings. The molecule has 2 unspecified atom stereocenters. The van der Waals surface area contributed by atoms with Crippen LogP contribution in [0.3, 0.4) is 0 Å². The van der Waals surface area contributed by atoms with Gasteiger partial charge in [-0.25, -0.2) is 8.42 Å². The Morgan fingerprint density at radius 3 is 2.25 bits per heavy atom. The highest BCUT2D eigenvalue weighted by Gasteiger charge is 2.44. The Morgan fingerprint density at radius 2 is 1.75 bits per heavy atom. The van der Waals surface area contributed by atoms with E-state index in [9.17, 15) is 13.2 Å². The Labute approximate surface area is 118 Å². The molecule has 1 heterocycles. The molecule has 0 bridgehead atoms. The first-order chi connectivity index (χ1) is 9.50. The fraction of sp³-hybridized carbons (Fsp3) is 0.500. The Hall–Kier alpha value is -1.40. The van der Waals surface area contributed by atoms with Gasteiger partial charge in [0.1, 0.15) is 0 Å². The summed E-state index contributed by atoms with van der Waals surface area (Å²) in [5.41, 5.74) is 0.915. The van der Waals surface area contributed by atoms with Gasteiger partial charge in [-0.15, -0.1) is 0 Å². The van der Waals surface area contributed by atoms with Crippen molar-refractivity contribution in [2.75, 3.05) is 13.1 Å². The predicted octanol–water partition coefficient (Wildman–Crippen LogP) is 1.66. The molecule has 0 amide bonds. The molecular formula is C14H17NO4S. The van der Waals surface area contributed by atoms with E-state index in [-0.39, 0.29) is 11.8 Å². The maximum atomic E-state index is 12.3. The fourth-order valence-electron chi connectivity index (χ4n) is 2.80. The number of nitrogens with zero attached hydrogens (tertiary/aromatic N) is 1. The van der Waals surface area contributed by atoms with Crippen molar-refractivity contribution in [3.63, 3.8) is 0 Å². The minimum Gasteiger partial charge on any atom is -0.481 e. The van der Waals surface area contributed by atoms with E-state index in [1.165, 1.54) is 4.31 Å². The molecule has 1 saturated heterocycles. The second-order valence-electron chi connectivity index (χ2n) is 5.47. The molecule has 0 radical (unpaired) electrons. The molecule has 2 fully saturated rings. The maximum Gasteiger partial charge on any atom is 0.307 e. The highest BCUT2D eigenvalue weighted by molar-refractivity contribution is 7.89. The quantitative estimate of drug-likeness (QED) is 0.916. The largest absolute Gasteiger partial charge is 0.481 e. The Morgan fingerprint density at radius 1 is 1.15 bits per heavy atom. The molecule has 5 nitrogen and oxygen atoms in total. The van der Waals surface area contributed by atoms with E-state index in [2.05, 4.69) is 0 Å². The van der Waals surface area contributed by atoms with Gasteiger partial charge in [-0.3, -0.25) is 4.79 Å². The number of hydrogen-bond acceptors (Lipinski definition) is 3. The zero-order chi connectivity index (χ0) is 14.3. The number of aliphatic carboxylic acids is 1. The van der Waals surface area contributed by atoms with Crippen LogP contribution < -0.4 is 0 Å². The van der Waals surface area contributed by atoms with Crippen molar-refractivity contribution in [1.82, 2.24) is 4.31 Å². The lowest BCUT2D eigenvalue weighted by Gasteiger charge is -2.15. The van der Waals surface area contributed by atoms with Crippen LogP contribution in [0.15, 0.2) is 29.2 Å². The minimum atomic E-state index is -3.37. The van der Waals surface area contributed by atoms with Crippen LogP contribution in [0.1, 0.15) is 30.7 Å². The number of rotatable bonds is 4. The average Bonchev–Trinajstić information content (AvgIpc) is 3.04. The van der Waals surface area contributed by atoms with Gasteiger partial charge in [0.05, 0.1) is 10.8 Å². The van der Waals surface area contributed by atoms with Gasteiger partial charge >= 0.3 is 5.97 Å². The first-order valence-corrected chi connectivity index (χ1v) is 8.27. The monoisotopic (exact) mass is 295 g/mol. The van der Waals surface area contributed by atoms with E-state index in [0.717, 1.165) is 18.4 Å². The number of carboxylic acid groups (broad SMARTS) is 1. The molecule has 108 valence electrons. The first-order valence-electron chi connectivity index (χ1n) is 6.83. The summed E-state index contributed by atoms with van der Waals surface area (Å²) < 4.78 is 26.2. The van der Waals surface area contributed by atoms with E-state index in [4.69, 9.17) is 5.11 Å². The highest BCUT2D eigenvalue weighted by atomic mass is 32.2.